The Hall–Kier alpha value is -2.22. The summed E-state index contributed by atoms with van der Waals surface area (Å²) in [6.07, 6.45) is 0.140. The number of ether oxygens (including phenoxy) is 1. The van der Waals surface area contributed by atoms with Crippen molar-refractivity contribution < 1.29 is 18.7 Å². The highest BCUT2D eigenvalue weighted by Gasteiger charge is 2.39. The van der Waals surface area contributed by atoms with Crippen LogP contribution in [0.2, 0.25) is 0 Å². The number of aromatic nitrogens is 1. The molecule has 144 valence electrons. The van der Waals surface area contributed by atoms with Gasteiger partial charge in [-0.3, -0.25) is 14.5 Å². The standard InChI is InChI=1S/C19H22FN3O3S/c1-2-26-14-3-4-15-16(10-14)27-19(21-15)23-11-12(9-17(23)24)18(25)22-7-5-13(20)6-8-22/h3-4,10,12-13H,2,5-9,11H2,1H3. The number of fused-ring (bicyclic) bond motifs is 1. The lowest BCUT2D eigenvalue weighted by molar-refractivity contribution is -0.137. The van der Waals surface area contributed by atoms with Gasteiger partial charge in [-0.2, -0.15) is 0 Å². The number of thiazole rings is 1. The summed E-state index contributed by atoms with van der Waals surface area (Å²) in [6.45, 7) is 3.73. The van der Waals surface area contributed by atoms with Crippen LogP contribution in [0.3, 0.4) is 0 Å². The molecule has 0 spiro atoms. The molecule has 1 unspecified atom stereocenters. The molecule has 2 aliphatic heterocycles. The average molecular weight is 391 g/mol. The van der Waals surface area contributed by atoms with Gasteiger partial charge in [-0.05, 0) is 38.0 Å². The smallest absolute Gasteiger partial charge is 0.229 e. The second-order valence-corrected chi connectivity index (χ2v) is 7.97. The summed E-state index contributed by atoms with van der Waals surface area (Å²) in [5.41, 5.74) is 0.811. The van der Waals surface area contributed by atoms with Crippen molar-refractivity contribution in [1.29, 1.82) is 0 Å². The number of halogens is 1. The first-order valence-corrected chi connectivity index (χ1v) is 10.1. The van der Waals surface area contributed by atoms with Crippen molar-refractivity contribution in [2.45, 2.75) is 32.4 Å². The van der Waals surface area contributed by atoms with E-state index in [1.54, 1.807) is 9.80 Å². The predicted molar refractivity (Wildman–Crippen MR) is 102 cm³/mol. The lowest BCUT2D eigenvalue weighted by atomic mass is 10.0. The van der Waals surface area contributed by atoms with Crippen LogP contribution in [-0.4, -0.2) is 54.1 Å². The first-order valence-electron chi connectivity index (χ1n) is 9.31. The van der Waals surface area contributed by atoms with Gasteiger partial charge in [0.15, 0.2) is 5.13 Å². The van der Waals surface area contributed by atoms with Crippen LogP contribution in [0.25, 0.3) is 10.2 Å². The molecule has 0 radical (unpaired) electrons. The Morgan fingerprint density at radius 1 is 1.37 bits per heavy atom. The normalized spacial score (nSPS) is 21.3. The summed E-state index contributed by atoms with van der Waals surface area (Å²) in [5.74, 6) is 0.271. The molecule has 3 heterocycles. The predicted octanol–water partition coefficient (Wildman–Crippen LogP) is 3.01. The van der Waals surface area contributed by atoms with Crippen molar-refractivity contribution in [2.75, 3.05) is 31.1 Å². The molecule has 2 fully saturated rings. The van der Waals surface area contributed by atoms with Crippen molar-refractivity contribution in [3.63, 3.8) is 0 Å². The van der Waals surface area contributed by atoms with E-state index >= 15 is 0 Å². The number of nitrogens with zero attached hydrogens (tertiary/aromatic N) is 3. The Kier molecular flexibility index (Phi) is 4.99. The van der Waals surface area contributed by atoms with Crippen molar-refractivity contribution in [1.82, 2.24) is 9.88 Å². The van der Waals surface area contributed by atoms with E-state index < -0.39 is 6.17 Å². The molecule has 8 heteroatoms. The molecule has 2 saturated heterocycles. The van der Waals surface area contributed by atoms with E-state index in [1.807, 2.05) is 25.1 Å². The fourth-order valence-electron chi connectivity index (χ4n) is 3.65. The molecular weight excluding hydrogens is 369 g/mol. The van der Waals surface area contributed by atoms with Gasteiger partial charge in [0.1, 0.15) is 11.9 Å². The lowest BCUT2D eigenvalue weighted by Crippen LogP contribution is -2.43. The molecule has 2 aromatic rings. The van der Waals surface area contributed by atoms with Crippen LogP contribution in [0.4, 0.5) is 9.52 Å². The number of piperidine rings is 1. The molecule has 0 saturated carbocycles. The molecule has 0 bridgehead atoms. The summed E-state index contributed by atoms with van der Waals surface area (Å²) in [4.78, 5) is 33.1. The number of rotatable bonds is 4. The molecule has 6 nitrogen and oxygen atoms in total. The van der Waals surface area contributed by atoms with E-state index in [0.29, 0.717) is 44.2 Å². The molecule has 1 aromatic heterocycles. The second-order valence-electron chi connectivity index (χ2n) is 6.96. The zero-order chi connectivity index (χ0) is 19.0. The van der Waals surface area contributed by atoms with E-state index in [0.717, 1.165) is 16.0 Å². The third kappa shape index (κ3) is 3.63. The van der Waals surface area contributed by atoms with E-state index in [1.165, 1.54) is 11.3 Å². The fraction of sp³-hybridized carbons (Fsp3) is 0.526. The molecular formula is C19H22FN3O3S. The summed E-state index contributed by atoms with van der Waals surface area (Å²) < 4.78 is 19.8. The molecule has 27 heavy (non-hydrogen) atoms. The Morgan fingerprint density at radius 2 is 2.15 bits per heavy atom. The third-order valence-corrected chi connectivity index (χ3v) is 6.14. The quantitative estimate of drug-likeness (QED) is 0.804. The number of carbonyl (C=O) groups excluding carboxylic acids is 2. The van der Waals surface area contributed by atoms with E-state index in [-0.39, 0.29) is 24.2 Å². The zero-order valence-electron chi connectivity index (χ0n) is 15.2. The van der Waals surface area contributed by atoms with Crippen molar-refractivity contribution in [3.8, 4) is 5.75 Å². The number of amides is 2. The topological polar surface area (TPSA) is 62.7 Å². The average Bonchev–Trinajstić information content (AvgIpc) is 3.25. The zero-order valence-corrected chi connectivity index (χ0v) is 16.0. The Balaban J connectivity index is 1.49. The molecule has 2 amide bonds. The Bertz CT molecular complexity index is 863. The molecule has 0 aliphatic carbocycles. The van der Waals surface area contributed by atoms with Gasteiger partial charge >= 0.3 is 0 Å². The number of anilines is 1. The Labute approximate surface area is 160 Å². The Morgan fingerprint density at radius 3 is 2.89 bits per heavy atom. The van der Waals surface area contributed by atoms with Gasteiger partial charge in [-0.25, -0.2) is 9.37 Å². The monoisotopic (exact) mass is 391 g/mol. The largest absolute Gasteiger partial charge is 0.494 e. The summed E-state index contributed by atoms with van der Waals surface area (Å²) in [6, 6.07) is 5.66. The van der Waals surface area contributed by atoms with Crippen molar-refractivity contribution in [2.24, 2.45) is 5.92 Å². The number of alkyl halides is 1. The first-order chi connectivity index (χ1) is 13.0. The second kappa shape index (κ2) is 7.42. The summed E-state index contributed by atoms with van der Waals surface area (Å²) in [7, 11) is 0. The van der Waals surface area contributed by atoms with Crippen LogP contribution in [0.5, 0.6) is 5.75 Å². The number of likely N-dealkylation sites (tertiary alicyclic amines) is 1. The molecule has 1 aromatic carbocycles. The lowest BCUT2D eigenvalue weighted by Gasteiger charge is -2.30. The highest BCUT2D eigenvalue weighted by atomic mass is 32.1. The summed E-state index contributed by atoms with van der Waals surface area (Å²) in [5, 5.41) is 0.612. The minimum Gasteiger partial charge on any atom is -0.494 e. The maximum absolute atomic E-state index is 13.3. The van der Waals surface area contributed by atoms with E-state index in [9.17, 15) is 14.0 Å². The van der Waals surface area contributed by atoms with Crippen LogP contribution in [0.1, 0.15) is 26.2 Å². The van der Waals surface area contributed by atoms with Gasteiger partial charge in [0.2, 0.25) is 11.8 Å². The van der Waals surface area contributed by atoms with Gasteiger partial charge in [0, 0.05) is 26.1 Å². The number of hydrogen-bond acceptors (Lipinski definition) is 5. The highest BCUT2D eigenvalue weighted by Crippen LogP contribution is 2.35. The van der Waals surface area contributed by atoms with Crippen molar-refractivity contribution in [3.05, 3.63) is 18.2 Å². The maximum atomic E-state index is 13.3. The first kappa shape index (κ1) is 18.2. The molecule has 2 aliphatic rings. The molecule has 4 rings (SSSR count). The van der Waals surface area contributed by atoms with Crippen molar-refractivity contribution >= 4 is 38.5 Å². The number of carbonyl (C=O) groups is 2. The SMILES string of the molecule is CCOc1ccc2nc(N3CC(C(=O)N4CCC(F)CC4)CC3=O)sc2c1. The van der Waals surface area contributed by atoms with E-state index in [2.05, 4.69) is 4.98 Å². The summed E-state index contributed by atoms with van der Waals surface area (Å²) >= 11 is 1.43. The highest BCUT2D eigenvalue weighted by molar-refractivity contribution is 7.22. The van der Waals surface area contributed by atoms with Crippen LogP contribution >= 0.6 is 11.3 Å². The van der Waals surface area contributed by atoms with Crippen LogP contribution in [0.15, 0.2) is 18.2 Å². The van der Waals surface area contributed by atoms with Crippen LogP contribution in [-0.2, 0) is 9.59 Å². The van der Waals surface area contributed by atoms with Gasteiger partial charge in [-0.15, -0.1) is 0 Å². The van der Waals surface area contributed by atoms with Gasteiger partial charge in [0.25, 0.3) is 0 Å². The molecule has 0 N–H and O–H groups in total. The number of benzene rings is 1. The van der Waals surface area contributed by atoms with Gasteiger partial charge in [0.05, 0.1) is 22.7 Å². The fourth-order valence-corrected chi connectivity index (χ4v) is 4.67. The third-order valence-electron chi connectivity index (χ3n) is 5.10. The molecule has 1 atom stereocenters. The van der Waals surface area contributed by atoms with Crippen LogP contribution in [0, 0.1) is 5.92 Å². The minimum atomic E-state index is -0.819. The maximum Gasteiger partial charge on any atom is 0.229 e. The van der Waals surface area contributed by atoms with Gasteiger partial charge in [-0.1, -0.05) is 11.3 Å². The minimum absolute atomic E-state index is 0.0440. The van der Waals surface area contributed by atoms with Gasteiger partial charge < -0.3 is 9.64 Å². The van der Waals surface area contributed by atoms with Crippen LogP contribution < -0.4 is 9.64 Å². The van der Waals surface area contributed by atoms with E-state index in [4.69, 9.17) is 4.74 Å². The number of hydrogen-bond donors (Lipinski definition) is 0.